The second kappa shape index (κ2) is 5.35. The first-order valence-electron chi connectivity index (χ1n) is 6.91. The predicted molar refractivity (Wildman–Crippen MR) is 78.8 cm³/mol. The molecule has 0 spiro atoms. The molecule has 1 aromatic rings. The van der Waals surface area contributed by atoms with Crippen molar-refractivity contribution in [2.75, 3.05) is 7.05 Å². The summed E-state index contributed by atoms with van der Waals surface area (Å²) in [6, 6.07) is 0.0880. The van der Waals surface area contributed by atoms with Crippen LogP contribution in [-0.4, -0.2) is 29.7 Å². The highest BCUT2D eigenvalue weighted by atomic mass is 32.1. The minimum atomic E-state index is -0.490. The fourth-order valence-corrected chi connectivity index (χ4v) is 3.51. The fraction of sp³-hybridized carbons (Fsp3) is 0.667. The van der Waals surface area contributed by atoms with E-state index in [4.69, 9.17) is 4.74 Å². The Bertz CT molecular complexity index is 519. The van der Waals surface area contributed by atoms with Gasteiger partial charge in [-0.2, -0.15) is 4.39 Å². The zero-order chi connectivity index (χ0) is 15.1. The molecular formula is C15H22FNO2S. The second-order valence-corrected chi connectivity index (χ2v) is 7.55. The number of likely N-dealkylation sites (N-methyl/N-ethyl adjacent to an activating group) is 1. The van der Waals surface area contributed by atoms with Crippen LogP contribution in [0.25, 0.3) is 0 Å². The molecule has 0 saturated heterocycles. The predicted octanol–water partition coefficient (Wildman–Crippen LogP) is 3.92. The van der Waals surface area contributed by atoms with Crippen LogP contribution in [0, 0.1) is 12.1 Å². The van der Waals surface area contributed by atoms with Crippen molar-refractivity contribution in [1.82, 2.24) is 4.90 Å². The van der Waals surface area contributed by atoms with Crippen molar-refractivity contribution in [2.45, 2.75) is 58.6 Å². The van der Waals surface area contributed by atoms with Crippen LogP contribution in [0.2, 0.25) is 0 Å². The van der Waals surface area contributed by atoms with Gasteiger partial charge >= 0.3 is 6.09 Å². The van der Waals surface area contributed by atoms with Gasteiger partial charge in [0.25, 0.3) is 0 Å². The van der Waals surface area contributed by atoms with E-state index in [0.29, 0.717) is 6.42 Å². The molecule has 0 aromatic carbocycles. The first-order chi connectivity index (χ1) is 9.19. The van der Waals surface area contributed by atoms with Gasteiger partial charge in [-0.25, -0.2) is 4.79 Å². The molecule has 2 rings (SSSR count). The molecule has 1 aromatic heterocycles. The van der Waals surface area contributed by atoms with Crippen LogP contribution in [0.5, 0.6) is 0 Å². The third-order valence-electron chi connectivity index (χ3n) is 3.67. The van der Waals surface area contributed by atoms with Gasteiger partial charge < -0.3 is 9.64 Å². The van der Waals surface area contributed by atoms with E-state index in [0.717, 1.165) is 28.8 Å². The van der Waals surface area contributed by atoms with Crippen LogP contribution in [0.1, 0.15) is 43.2 Å². The number of aryl methyl sites for hydroxylation is 1. The Morgan fingerprint density at radius 3 is 2.65 bits per heavy atom. The molecule has 0 radical (unpaired) electrons. The standard InChI is InChI=1S/C15H22FNO2S/c1-9-12-8-10(6-7-11(12)13(16)20-9)17(5)14(18)19-15(2,3)4/h10H,6-8H2,1-5H3. The minimum absolute atomic E-state index is 0.0594. The molecule has 20 heavy (non-hydrogen) atoms. The number of fused-ring (bicyclic) bond motifs is 1. The average Bonchev–Trinajstić information content (AvgIpc) is 2.61. The van der Waals surface area contributed by atoms with Gasteiger partial charge in [0.15, 0.2) is 5.13 Å². The molecule has 0 aliphatic heterocycles. The minimum Gasteiger partial charge on any atom is -0.444 e. The third kappa shape index (κ3) is 3.14. The Morgan fingerprint density at radius 2 is 2.05 bits per heavy atom. The number of ether oxygens (including phenoxy) is 1. The first-order valence-corrected chi connectivity index (χ1v) is 7.73. The molecule has 1 aliphatic rings. The molecule has 1 unspecified atom stereocenters. The highest BCUT2D eigenvalue weighted by Crippen LogP contribution is 2.34. The normalized spacial score (nSPS) is 18.6. The van der Waals surface area contributed by atoms with Gasteiger partial charge in [0, 0.05) is 23.5 Å². The maximum absolute atomic E-state index is 13.7. The van der Waals surface area contributed by atoms with Crippen molar-refractivity contribution >= 4 is 17.4 Å². The molecular weight excluding hydrogens is 277 g/mol. The van der Waals surface area contributed by atoms with Crippen molar-refractivity contribution < 1.29 is 13.9 Å². The summed E-state index contributed by atoms with van der Waals surface area (Å²) < 4.78 is 19.1. The lowest BCUT2D eigenvalue weighted by Gasteiger charge is -2.33. The Morgan fingerprint density at radius 1 is 1.40 bits per heavy atom. The Hall–Kier alpha value is -1.10. The topological polar surface area (TPSA) is 29.5 Å². The van der Waals surface area contributed by atoms with E-state index in [1.54, 1.807) is 11.9 Å². The summed E-state index contributed by atoms with van der Waals surface area (Å²) in [5, 5.41) is -0.0594. The van der Waals surface area contributed by atoms with E-state index in [2.05, 4.69) is 0 Å². The SMILES string of the molecule is Cc1sc(F)c2c1CC(N(C)C(=O)OC(C)(C)C)CC2. The molecule has 0 bridgehead atoms. The van der Waals surface area contributed by atoms with Crippen LogP contribution in [0.3, 0.4) is 0 Å². The Labute approximate surface area is 123 Å². The molecule has 1 atom stereocenters. The molecule has 3 nitrogen and oxygen atoms in total. The van der Waals surface area contributed by atoms with Crippen molar-refractivity contribution in [3.05, 3.63) is 21.1 Å². The number of halogens is 1. The van der Waals surface area contributed by atoms with Gasteiger partial charge in [0.2, 0.25) is 0 Å². The summed E-state index contributed by atoms with van der Waals surface area (Å²) in [6.45, 7) is 7.52. The number of nitrogens with zero attached hydrogens (tertiary/aromatic N) is 1. The average molecular weight is 299 g/mol. The van der Waals surface area contributed by atoms with E-state index in [9.17, 15) is 9.18 Å². The molecule has 112 valence electrons. The number of hydrogen-bond donors (Lipinski definition) is 0. The monoisotopic (exact) mass is 299 g/mol. The molecule has 0 fully saturated rings. The number of thiophene rings is 1. The van der Waals surface area contributed by atoms with E-state index < -0.39 is 5.60 Å². The molecule has 1 amide bonds. The lowest BCUT2D eigenvalue weighted by Crippen LogP contribution is -2.43. The lowest BCUT2D eigenvalue weighted by atomic mass is 9.89. The fourth-order valence-electron chi connectivity index (χ4n) is 2.57. The van der Waals surface area contributed by atoms with Gasteiger partial charge in [-0.15, -0.1) is 11.3 Å². The summed E-state index contributed by atoms with van der Waals surface area (Å²) in [6.07, 6.45) is 1.90. The van der Waals surface area contributed by atoms with Crippen LogP contribution < -0.4 is 0 Å². The second-order valence-electron chi connectivity index (χ2n) is 6.38. The molecule has 1 aliphatic carbocycles. The van der Waals surface area contributed by atoms with Gasteiger partial charge in [0.05, 0.1) is 0 Å². The van der Waals surface area contributed by atoms with E-state index in [1.807, 2.05) is 27.7 Å². The summed E-state index contributed by atoms with van der Waals surface area (Å²) in [7, 11) is 1.77. The van der Waals surface area contributed by atoms with E-state index in [-0.39, 0.29) is 17.3 Å². The smallest absolute Gasteiger partial charge is 0.410 e. The summed E-state index contributed by atoms with van der Waals surface area (Å²) in [4.78, 5) is 14.8. The summed E-state index contributed by atoms with van der Waals surface area (Å²) >= 11 is 1.22. The highest BCUT2D eigenvalue weighted by Gasteiger charge is 2.31. The molecule has 0 saturated carbocycles. The molecule has 5 heteroatoms. The number of carbonyl (C=O) groups is 1. The van der Waals surface area contributed by atoms with Crippen molar-refractivity contribution in [3.63, 3.8) is 0 Å². The van der Waals surface area contributed by atoms with Crippen molar-refractivity contribution in [2.24, 2.45) is 0 Å². The van der Waals surface area contributed by atoms with Crippen LogP contribution in [0.4, 0.5) is 9.18 Å². The maximum Gasteiger partial charge on any atom is 0.410 e. The highest BCUT2D eigenvalue weighted by molar-refractivity contribution is 7.10. The van der Waals surface area contributed by atoms with Gasteiger partial charge in [-0.05, 0) is 52.5 Å². The Balaban J connectivity index is 2.09. The van der Waals surface area contributed by atoms with Gasteiger partial charge in [-0.1, -0.05) is 0 Å². The maximum atomic E-state index is 13.7. The lowest BCUT2D eigenvalue weighted by molar-refractivity contribution is 0.0210. The zero-order valence-electron chi connectivity index (χ0n) is 12.7. The summed E-state index contributed by atoms with van der Waals surface area (Å²) in [5.41, 5.74) is 1.44. The van der Waals surface area contributed by atoms with E-state index in [1.165, 1.54) is 11.3 Å². The zero-order valence-corrected chi connectivity index (χ0v) is 13.6. The number of hydrogen-bond acceptors (Lipinski definition) is 3. The number of carbonyl (C=O) groups excluding carboxylic acids is 1. The summed E-state index contributed by atoms with van der Waals surface area (Å²) in [5.74, 6) is 0. The van der Waals surface area contributed by atoms with E-state index >= 15 is 0 Å². The van der Waals surface area contributed by atoms with Gasteiger partial charge in [0.1, 0.15) is 5.60 Å². The quantitative estimate of drug-likeness (QED) is 0.786. The number of amides is 1. The van der Waals surface area contributed by atoms with Gasteiger partial charge in [-0.3, -0.25) is 0 Å². The molecule has 0 N–H and O–H groups in total. The molecule has 1 heterocycles. The third-order valence-corrected chi connectivity index (χ3v) is 4.64. The van der Waals surface area contributed by atoms with Crippen LogP contribution in [0.15, 0.2) is 0 Å². The number of rotatable bonds is 1. The van der Waals surface area contributed by atoms with Crippen LogP contribution >= 0.6 is 11.3 Å². The van der Waals surface area contributed by atoms with Crippen molar-refractivity contribution in [3.8, 4) is 0 Å². The van der Waals surface area contributed by atoms with Crippen molar-refractivity contribution in [1.29, 1.82) is 0 Å². The first kappa shape index (κ1) is 15.3. The Kier molecular flexibility index (Phi) is 4.09. The van der Waals surface area contributed by atoms with Crippen LogP contribution in [-0.2, 0) is 17.6 Å². The largest absolute Gasteiger partial charge is 0.444 e.